The summed E-state index contributed by atoms with van der Waals surface area (Å²) < 4.78 is 1.58. The largest absolute Gasteiger partial charge is 0.372 e. The molecule has 0 spiro atoms. The first kappa shape index (κ1) is 15.2. The SMILES string of the molecule is O=C1CC(Nc2ccccc2Br)C(=O)N1c1ccccc1Br. The average molecular weight is 424 g/mol. The Hall–Kier alpha value is -1.66. The molecule has 1 aliphatic rings. The molecule has 0 aliphatic carbocycles. The van der Waals surface area contributed by atoms with Crippen LogP contribution >= 0.6 is 31.9 Å². The molecule has 22 heavy (non-hydrogen) atoms. The topological polar surface area (TPSA) is 49.4 Å². The maximum atomic E-state index is 12.6. The van der Waals surface area contributed by atoms with Crippen molar-refractivity contribution in [2.75, 3.05) is 10.2 Å². The number of amides is 2. The molecule has 6 heteroatoms. The van der Waals surface area contributed by atoms with Crippen LogP contribution < -0.4 is 10.2 Å². The van der Waals surface area contributed by atoms with Crippen LogP contribution in [0, 0.1) is 0 Å². The van der Waals surface area contributed by atoms with Gasteiger partial charge < -0.3 is 5.32 Å². The third-order valence-corrected chi connectivity index (χ3v) is 4.81. The van der Waals surface area contributed by atoms with E-state index in [-0.39, 0.29) is 18.2 Å². The van der Waals surface area contributed by atoms with E-state index in [2.05, 4.69) is 37.2 Å². The van der Waals surface area contributed by atoms with Crippen LogP contribution in [0.1, 0.15) is 6.42 Å². The van der Waals surface area contributed by atoms with Crippen LogP contribution in [0.15, 0.2) is 57.5 Å². The predicted molar refractivity (Wildman–Crippen MR) is 92.8 cm³/mol. The van der Waals surface area contributed by atoms with Gasteiger partial charge in [-0.25, -0.2) is 4.90 Å². The molecule has 1 atom stereocenters. The molecule has 1 N–H and O–H groups in total. The van der Waals surface area contributed by atoms with Gasteiger partial charge in [-0.3, -0.25) is 9.59 Å². The van der Waals surface area contributed by atoms with E-state index >= 15 is 0 Å². The van der Waals surface area contributed by atoms with Crippen LogP contribution in [0.3, 0.4) is 0 Å². The Morgan fingerprint density at radius 1 is 0.955 bits per heavy atom. The molecule has 2 amide bonds. The Kier molecular flexibility index (Phi) is 4.31. The van der Waals surface area contributed by atoms with Gasteiger partial charge >= 0.3 is 0 Å². The first-order valence-electron chi connectivity index (χ1n) is 6.70. The summed E-state index contributed by atoms with van der Waals surface area (Å²) in [7, 11) is 0. The van der Waals surface area contributed by atoms with E-state index in [4.69, 9.17) is 0 Å². The van der Waals surface area contributed by atoms with E-state index in [1.54, 1.807) is 12.1 Å². The van der Waals surface area contributed by atoms with Gasteiger partial charge in [0.15, 0.2) is 0 Å². The number of para-hydroxylation sites is 2. The fraction of sp³-hybridized carbons (Fsp3) is 0.125. The predicted octanol–water partition coefficient (Wildman–Crippen LogP) is 3.96. The summed E-state index contributed by atoms with van der Waals surface area (Å²) in [5.74, 6) is -0.450. The van der Waals surface area contributed by atoms with Crippen molar-refractivity contribution >= 4 is 55.0 Å². The van der Waals surface area contributed by atoms with Crippen molar-refractivity contribution in [3.05, 3.63) is 57.5 Å². The maximum Gasteiger partial charge on any atom is 0.256 e. The van der Waals surface area contributed by atoms with Crippen LogP contribution in [-0.2, 0) is 9.59 Å². The van der Waals surface area contributed by atoms with E-state index in [0.29, 0.717) is 5.69 Å². The minimum atomic E-state index is -0.557. The Labute approximate surface area is 144 Å². The molecule has 2 aromatic rings. The zero-order valence-corrected chi connectivity index (χ0v) is 14.6. The number of nitrogens with one attached hydrogen (secondary N) is 1. The molecule has 4 nitrogen and oxygen atoms in total. The number of halogens is 2. The van der Waals surface area contributed by atoms with Crippen molar-refractivity contribution < 1.29 is 9.59 Å². The van der Waals surface area contributed by atoms with E-state index < -0.39 is 6.04 Å². The number of anilines is 2. The molecular formula is C16H12Br2N2O2. The Morgan fingerprint density at radius 2 is 1.59 bits per heavy atom. The summed E-state index contributed by atoms with van der Waals surface area (Å²) in [4.78, 5) is 26.1. The fourth-order valence-corrected chi connectivity index (χ4v) is 3.26. The van der Waals surface area contributed by atoms with Crippen molar-refractivity contribution in [2.24, 2.45) is 0 Å². The Morgan fingerprint density at radius 3 is 2.27 bits per heavy atom. The molecule has 0 bridgehead atoms. The number of hydrogen-bond acceptors (Lipinski definition) is 3. The lowest BCUT2D eigenvalue weighted by molar-refractivity contribution is -0.121. The molecule has 1 heterocycles. The number of imide groups is 1. The monoisotopic (exact) mass is 422 g/mol. The molecular weight excluding hydrogens is 412 g/mol. The number of carbonyl (C=O) groups excluding carboxylic acids is 2. The van der Waals surface area contributed by atoms with Crippen molar-refractivity contribution in [3.63, 3.8) is 0 Å². The van der Waals surface area contributed by atoms with E-state index in [1.165, 1.54) is 4.90 Å². The van der Waals surface area contributed by atoms with Crippen LogP contribution in [0.25, 0.3) is 0 Å². The van der Waals surface area contributed by atoms with Crippen LogP contribution in [0.2, 0.25) is 0 Å². The highest BCUT2D eigenvalue weighted by atomic mass is 79.9. The molecule has 3 rings (SSSR count). The van der Waals surface area contributed by atoms with Gasteiger partial charge in [-0.1, -0.05) is 24.3 Å². The van der Waals surface area contributed by atoms with Crippen LogP contribution in [-0.4, -0.2) is 17.9 Å². The van der Waals surface area contributed by atoms with E-state index in [0.717, 1.165) is 14.6 Å². The van der Waals surface area contributed by atoms with E-state index in [9.17, 15) is 9.59 Å². The summed E-state index contributed by atoms with van der Waals surface area (Å²) in [6.07, 6.45) is 0.140. The van der Waals surface area contributed by atoms with Gasteiger partial charge in [0.25, 0.3) is 5.91 Å². The first-order valence-corrected chi connectivity index (χ1v) is 8.29. The number of carbonyl (C=O) groups is 2. The molecule has 1 unspecified atom stereocenters. The number of hydrogen-bond donors (Lipinski definition) is 1. The highest BCUT2D eigenvalue weighted by Crippen LogP contribution is 2.32. The van der Waals surface area contributed by atoms with Crippen LogP contribution in [0.5, 0.6) is 0 Å². The van der Waals surface area contributed by atoms with Crippen molar-refractivity contribution in [1.82, 2.24) is 0 Å². The lowest BCUT2D eigenvalue weighted by Crippen LogP contribution is -2.35. The quantitative estimate of drug-likeness (QED) is 0.760. The van der Waals surface area contributed by atoms with Crippen molar-refractivity contribution in [1.29, 1.82) is 0 Å². The molecule has 112 valence electrons. The van der Waals surface area contributed by atoms with Gasteiger partial charge in [0.05, 0.1) is 12.1 Å². The second kappa shape index (κ2) is 6.22. The van der Waals surface area contributed by atoms with Gasteiger partial charge in [-0.05, 0) is 56.1 Å². The number of benzene rings is 2. The highest BCUT2D eigenvalue weighted by Gasteiger charge is 2.40. The van der Waals surface area contributed by atoms with Crippen molar-refractivity contribution in [2.45, 2.75) is 12.5 Å². The highest BCUT2D eigenvalue weighted by molar-refractivity contribution is 9.11. The third kappa shape index (κ3) is 2.80. The summed E-state index contributed by atoms with van der Waals surface area (Å²) >= 11 is 6.82. The molecule has 0 aromatic heterocycles. The average Bonchev–Trinajstić information content (AvgIpc) is 2.77. The third-order valence-electron chi connectivity index (χ3n) is 3.44. The lowest BCUT2D eigenvalue weighted by atomic mass is 10.2. The molecule has 0 radical (unpaired) electrons. The van der Waals surface area contributed by atoms with E-state index in [1.807, 2.05) is 36.4 Å². The summed E-state index contributed by atoms with van der Waals surface area (Å²) in [6, 6.07) is 14.2. The van der Waals surface area contributed by atoms with Gasteiger partial charge in [-0.2, -0.15) is 0 Å². The zero-order chi connectivity index (χ0) is 15.7. The standard InChI is InChI=1S/C16H12Br2N2O2/c17-10-5-1-3-7-12(10)19-13-9-15(21)20(16(13)22)14-8-4-2-6-11(14)18/h1-8,13,19H,9H2. The normalized spacial score (nSPS) is 17.9. The molecule has 1 aliphatic heterocycles. The van der Waals surface area contributed by atoms with Crippen molar-refractivity contribution in [3.8, 4) is 0 Å². The van der Waals surface area contributed by atoms with Gasteiger partial charge in [-0.15, -0.1) is 0 Å². The Bertz CT molecular complexity index is 748. The second-order valence-electron chi connectivity index (χ2n) is 4.90. The van der Waals surface area contributed by atoms with Crippen LogP contribution in [0.4, 0.5) is 11.4 Å². The maximum absolute atomic E-state index is 12.6. The van der Waals surface area contributed by atoms with Gasteiger partial charge in [0.2, 0.25) is 5.91 Å². The summed E-state index contributed by atoms with van der Waals surface area (Å²) in [5, 5.41) is 3.13. The minimum Gasteiger partial charge on any atom is -0.372 e. The molecule has 2 aromatic carbocycles. The number of rotatable bonds is 3. The zero-order valence-electron chi connectivity index (χ0n) is 11.4. The second-order valence-corrected chi connectivity index (χ2v) is 6.61. The minimum absolute atomic E-state index is 0.140. The van der Waals surface area contributed by atoms with Gasteiger partial charge in [0.1, 0.15) is 6.04 Å². The first-order chi connectivity index (χ1) is 10.6. The Balaban J connectivity index is 1.86. The summed E-state index contributed by atoms with van der Waals surface area (Å²) in [6.45, 7) is 0. The summed E-state index contributed by atoms with van der Waals surface area (Å²) in [5.41, 5.74) is 1.37. The lowest BCUT2D eigenvalue weighted by Gasteiger charge is -2.17. The number of nitrogens with zero attached hydrogens (tertiary/aromatic N) is 1. The smallest absolute Gasteiger partial charge is 0.256 e. The fourth-order valence-electron chi connectivity index (χ4n) is 2.40. The molecule has 1 saturated heterocycles. The van der Waals surface area contributed by atoms with Gasteiger partial charge in [0, 0.05) is 14.6 Å². The molecule has 0 saturated carbocycles. The molecule has 1 fully saturated rings.